The molecule has 0 fully saturated rings. The van der Waals surface area contributed by atoms with Crippen LogP contribution in [0.4, 0.5) is 0 Å². The van der Waals surface area contributed by atoms with E-state index in [1.807, 2.05) is 19.9 Å². The quantitative estimate of drug-likeness (QED) is 0.820. The van der Waals surface area contributed by atoms with Crippen LogP contribution in [0.3, 0.4) is 0 Å². The molecule has 3 heteroatoms. The molecule has 0 saturated heterocycles. The molecular weight excluding hydrogens is 200 g/mol. The molecule has 0 aliphatic carbocycles. The van der Waals surface area contributed by atoms with Crippen LogP contribution in [0.5, 0.6) is 5.75 Å². The highest BCUT2D eigenvalue weighted by Crippen LogP contribution is 2.35. The molecule has 0 radical (unpaired) electrons. The number of hydrogen-bond donors (Lipinski definition) is 1. The molecule has 0 heterocycles. The van der Waals surface area contributed by atoms with Crippen LogP contribution in [0.15, 0.2) is 6.07 Å². The third-order valence-corrected chi connectivity index (χ3v) is 2.91. The Labute approximate surface area is 89.5 Å². The maximum atomic E-state index is 9.59. The van der Waals surface area contributed by atoms with Gasteiger partial charge in [0.15, 0.2) is 0 Å². The Morgan fingerprint density at radius 1 is 1.43 bits per heavy atom. The van der Waals surface area contributed by atoms with E-state index >= 15 is 0 Å². The predicted octanol–water partition coefficient (Wildman–Crippen LogP) is 3.02. The van der Waals surface area contributed by atoms with E-state index in [-0.39, 0.29) is 0 Å². The molecule has 0 aliphatic rings. The van der Waals surface area contributed by atoms with Gasteiger partial charge in [0, 0.05) is 10.6 Å². The number of halogens is 1. The highest BCUT2D eigenvalue weighted by atomic mass is 35.5. The maximum Gasteiger partial charge on any atom is 0.125 e. The van der Waals surface area contributed by atoms with Gasteiger partial charge in [0.25, 0.3) is 0 Å². The second-order valence-electron chi connectivity index (χ2n) is 3.42. The number of aryl methyl sites for hydroxylation is 1. The lowest BCUT2D eigenvalue weighted by Gasteiger charge is -2.16. The summed E-state index contributed by atoms with van der Waals surface area (Å²) in [6, 6.07) is 1.84. The summed E-state index contributed by atoms with van der Waals surface area (Å²) < 4.78 is 5.20. The van der Waals surface area contributed by atoms with Crippen LogP contribution in [0.2, 0.25) is 5.02 Å². The molecule has 1 unspecified atom stereocenters. The van der Waals surface area contributed by atoms with Gasteiger partial charge in [-0.25, -0.2) is 0 Å². The van der Waals surface area contributed by atoms with E-state index < -0.39 is 6.10 Å². The Bertz CT molecular complexity index is 346. The molecule has 0 spiro atoms. The van der Waals surface area contributed by atoms with Crippen molar-refractivity contribution < 1.29 is 9.84 Å². The van der Waals surface area contributed by atoms with Gasteiger partial charge in [0.05, 0.1) is 13.2 Å². The summed E-state index contributed by atoms with van der Waals surface area (Å²) in [4.78, 5) is 0. The van der Waals surface area contributed by atoms with Gasteiger partial charge < -0.3 is 9.84 Å². The van der Waals surface area contributed by atoms with Crippen molar-refractivity contribution in [2.75, 3.05) is 7.11 Å². The smallest absolute Gasteiger partial charge is 0.125 e. The molecule has 2 nitrogen and oxygen atoms in total. The van der Waals surface area contributed by atoms with E-state index in [0.717, 1.165) is 16.7 Å². The molecule has 1 atom stereocenters. The molecule has 0 bridgehead atoms. The molecule has 0 saturated carbocycles. The average molecular weight is 215 g/mol. The summed E-state index contributed by atoms with van der Waals surface area (Å²) in [5, 5.41) is 10.3. The normalized spacial score (nSPS) is 12.7. The predicted molar refractivity (Wildman–Crippen MR) is 58.1 cm³/mol. The van der Waals surface area contributed by atoms with Crippen LogP contribution in [0.1, 0.15) is 29.7 Å². The van der Waals surface area contributed by atoms with Crippen molar-refractivity contribution >= 4 is 11.6 Å². The molecular formula is C11H15ClO2. The van der Waals surface area contributed by atoms with Crippen molar-refractivity contribution in [1.29, 1.82) is 0 Å². The van der Waals surface area contributed by atoms with E-state index in [2.05, 4.69) is 0 Å². The average Bonchev–Trinajstić information content (AvgIpc) is 2.12. The summed E-state index contributed by atoms with van der Waals surface area (Å²) in [5.41, 5.74) is 2.62. The highest BCUT2D eigenvalue weighted by Gasteiger charge is 2.16. The minimum Gasteiger partial charge on any atom is -0.496 e. The fourth-order valence-corrected chi connectivity index (χ4v) is 1.78. The minimum atomic E-state index is -0.567. The molecule has 1 N–H and O–H groups in total. The van der Waals surface area contributed by atoms with E-state index in [4.69, 9.17) is 16.3 Å². The number of aliphatic hydroxyl groups excluding tert-OH is 1. The molecule has 78 valence electrons. The van der Waals surface area contributed by atoms with Gasteiger partial charge in [0.1, 0.15) is 5.75 Å². The molecule has 1 aromatic carbocycles. The summed E-state index contributed by atoms with van der Waals surface area (Å²) in [5.74, 6) is 0.694. The third-order valence-electron chi connectivity index (χ3n) is 2.33. The van der Waals surface area contributed by atoms with Crippen LogP contribution in [0.25, 0.3) is 0 Å². The van der Waals surface area contributed by atoms with Crippen LogP contribution >= 0.6 is 11.6 Å². The minimum absolute atomic E-state index is 0.567. The largest absolute Gasteiger partial charge is 0.496 e. The van der Waals surface area contributed by atoms with Gasteiger partial charge in [-0.05, 0) is 38.0 Å². The second-order valence-corrected chi connectivity index (χ2v) is 3.80. The van der Waals surface area contributed by atoms with Crippen molar-refractivity contribution in [2.45, 2.75) is 26.9 Å². The van der Waals surface area contributed by atoms with Crippen LogP contribution < -0.4 is 4.74 Å². The van der Waals surface area contributed by atoms with E-state index in [0.29, 0.717) is 10.8 Å². The van der Waals surface area contributed by atoms with Crippen molar-refractivity contribution in [3.8, 4) is 5.75 Å². The van der Waals surface area contributed by atoms with Gasteiger partial charge in [-0.3, -0.25) is 0 Å². The zero-order valence-corrected chi connectivity index (χ0v) is 9.64. The first-order chi connectivity index (χ1) is 6.49. The summed E-state index contributed by atoms with van der Waals surface area (Å²) >= 11 is 6.09. The second kappa shape index (κ2) is 4.20. The van der Waals surface area contributed by atoms with Crippen molar-refractivity contribution in [1.82, 2.24) is 0 Å². The SMILES string of the molecule is COc1cc(C)c(Cl)c(C)c1C(C)O. The van der Waals surface area contributed by atoms with E-state index in [1.54, 1.807) is 14.0 Å². The first-order valence-electron chi connectivity index (χ1n) is 4.50. The first kappa shape index (κ1) is 11.3. The fraction of sp³-hybridized carbons (Fsp3) is 0.455. The summed E-state index contributed by atoms with van der Waals surface area (Å²) in [6.45, 7) is 5.51. The Balaban J connectivity index is 3.45. The Morgan fingerprint density at radius 2 is 2.00 bits per heavy atom. The van der Waals surface area contributed by atoms with Crippen LogP contribution in [-0.4, -0.2) is 12.2 Å². The number of benzene rings is 1. The fourth-order valence-electron chi connectivity index (χ4n) is 1.62. The van der Waals surface area contributed by atoms with E-state index in [9.17, 15) is 5.11 Å². The number of hydrogen-bond acceptors (Lipinski definition) is 2. The number of ether oxygens (including phenoxy) is 1. The zero-order valence-electron chi connectivity index (χ0n) is 8.89. The van der Waals surface area contributed by atoms with Gasteiger partial charge in [0.2, 0.25) is 0 Å². The van der Waals surface area contributed by atoms with Crippen LogP contribution in [-0.2, 0) is 0 Å². The van der Waals surface area contributed by atoms with Gasteiger partial charge in [-0.15, -0.1) is 0 Å². The first-order valence-corrected chi connectivity index (χ1v) is 4.88. The Morgan fingerprint density at radius 3 is 2.43 bits per heavy atom. The Kier molecular flexibility index (Phi) is 3.40. The standard InChI is InChI=1S/C11H15ClO2/c1-6-5-9(14-4)10(8(3)13)7(2)11(6)12/h5,8,13H,1-4H3. The highest BCUT2D eigenvalue weighted by molar-refractivity contribution is 6.32. The monoisotopic (exact) mass is 214 g/mol. The summed E-state index contributed by atoms with van der Waals surface area (Å²) in [6.07, 6.45) is -0.567. The lowest BCUT2D eigenvalue weighted by Crippen LogP contribution is -2.01. The molecule has 0 aliphatic heterocycles. The maximum absolute atomic E-state index is 9.59. The molecule has 0 aromatic heterocycles. The van der Waals surface area contributed by atoms with Crippen molar-refractivity contribution in [3.63, 3.8) is 0 Å². The Hall–Kier alpha value is -0.730. The number of aliphatic hydroxyl groups is 1. The summed E-state index contributed by atoms with van der Waals surface area (Å²) in [7, 11) is 1.59. The topological polar surface area (TPSA) is 29.5 Å². The van der Waals surface area contributed by atoms with Gasteiger partial charge in [-0.1, -0.05) is 11.6 Å². The molecule has 0 amide bonds. The lowest BCUT2D eigenvalue weighted by atomic mass is 10.0. The molecule has 14 heavy (non-hydrogen) atoms. The number of methoxy groups -OCH3 is 1. The van der Waals surface area contributed by atoms with Gasteiger partial charge >= 0.3 is 0 Å². The van der Waals surface area contributed by atoms with Crippen molar-refractivity contribution in [2.24, 2.45) is 0 Å². The lowest BCUT2D eigenvalue weighted by molar-refractivity contribution is 0.193. The van der Waals surface area contributed by atoms with E-state index in [1.165, 1.54) is 0 Å². The van der Waals surface area contributed by atoms with Gasteiger partial charge in [-0.2, -0.15) is 0 Å². The molecule has 1 aromatic rings. The van der Waals surface area contributed by atoms with Crippen molar-refractivity contribution in [3.05, 3.63) is 27.8 Å². The third kappa shape index (κ3) is 1.86. The zero-order chi connectivity index (χ0) is 10.9. The van der Waals surface area contributed by atoms with Crippen LogP contribution in [0, 0.1) is 13.8 Å². The number of rotatable bonds is 2. The molecule has 1 rings (SSSR count).